The van der Waals surface area contributed by atoms with Crippen LogP contribution in [0.5, 0.6) is 0 Å². The van der Waals surface area contributed by atoms with E-state index in [1.54, 1.807) is 18.5 Å². The van der Waals surface area contributed by atoms with Crippen molar-refractivity contribution in [3.05, 3.63) is 114 Å². The fraction of sp³-hybridized carbons (Fsp3) is 0.0417. The minimum absolute atomic E-state index is 0.438. The molecule has 2 aromatic carbocycles. The van der Waals surface area contributed by atoms with Gasteiger partial charge in [-0.15, -0.1) is 0 Å². The summed E-state index contributed by atoms with van der Waals surface area (Å²) in [7, 11) is 0. The van der Waals surface area contributed by atoms with Crippen LogP contribution in [0.3, 0.4) is 0 Å². The molecule has 4 aromatic rings. The highest BCUT2D eigenvalue weighted by atomic mass is 16.5. The van der Waals surface area contributed by atoms with Crippen molar-refractivity contribution in [2.75, 3.05) is 0 Å². The molecule has 0 aliphatic rings. The maximum atomic E-state index is 12.6. The highest BCUT2D eigenvalue weighted by Crippen LogP contribution is 2.25. The van der Waals surface area contributed by atoms with Crippen molar-refractivity contribution in [1.29, 1.82) is 0 Å². The second kappa shape index (κ2) is 8.27. The number of carbonyl (C=O) groups excluding carboxylic acids is 1. The molecule has 0 aliphatic carbocycles. The van der Waals surface area contributed by atoms with Crippen LogP contribution in [0.1, 0.15) is 22.9 Å². The van der Waals surface area contributed by atoms with Crippen LogP contribution >= 0.6 is 0 Å². The van der Waals surface area contributed by atoms with Crippen LogP contribution < -0.4 is 0 Å². The van der Waals surface area contributed by atoms with Gasteiger partial charge in [0, 0.05) is 29.4 Å². The van der Waals surface area contributed by atoms with E-state index in [-0.39, 0.29) is 0 Å². The molecule has 2 heterocycles. The lowest BCUT2D eigenvalue weighted by molar-refractivity contribution is -0.141. The highest BCUT2D eigenvalue weighted by Gasteiger charge is 2.18. The molecule has 0 spiro atoms. The molecular weight excluding hydrogens is 348 g/mol. The third-order valence-electron chi connectivity index (χ3n) is 4.36. The fourth-order valence-electron chi connectivity index (χ4n) is 3.03. The van der Waals surface area contributed by atoms with Gasteiger partial charge in [0.2, 0.25) is 0 Å². The number of aromatic nitrogens is 2. The molecule has 0 saturated heterocycles. The number of rotatable bonds is 5. The molecule has 0 fully saturated rings. The number of para-hydroxylation sites is 1. The number of benzene rings is 2. The molecule has 0 bridgehead atoms. The monoisotopic (exact) mass is 366 g/mol. The standard InChI is InChI=1S/C24H18N2O2/c27-22(15-14-19-11-6-10-18-12-7-17-26-23(18)19)28-24(20-8-2-1-3-9-20)21-13-4-5-16-25-21/h1-17,24H/b15-14+. The van der Waals surface area contributed by atoms with Crippen molar-refractivity contribution in [3.63, 3.8) is 0 Å². The molecule has 1 atom stereocenters. The molecule has 4 rings (SSSR count). The van der Waals surface area contributed by atoms with Gasteiger partial charge in [-0.25, -0.2) is 4.79 Å². The first-order valence-corrected chi connectivity index (χ1v) is 8.99. The van der Waals surface area contributed by atoms with E-state index < -0.39 is 12.1 Å². The third-order valence-corrected chi connectivity index (χ3v) is 4.36. The smallest absolute Gasteiger partial charge is 0.331 e. The molecule has 2 aromatic heterocycles. The lowest BCUT2D eigenvalue weighted by Crippen LogP contribution is -2.12. The molecule has 4 nitrogen and oxygen atoms in total. The summed E-state index contributed by atoms with van der Waals surface area (Å²) >= 11 is 0. The normalized spacial score (nSPS) is 12.1. The molecule has 0 aliphatic heterocycles. The van der Waals surface area contributed by atoms with Gasteiger partial charge in [0.05, 0.1) is 11.2 Å². The molecule has 4 heteroatoms. The molecule has 1 unspecified atom stereocenters. The average Bonchev–Trinajstić information content (AvgIpc) is 2.77. The maximum Gasteiger partial charge on any atom is 0.331 e. The van der Waals surface area contributed by atoms with Crippen LogP contribution in [0.2, 0.25) is 0 Å². The number of hydrogen-bond acceptors (Lipinski definition) is 4. The van der Waals surface area contributed by atoms with Gasteiger partial charge in [-0.1, -0.05) is 60.7 Å². The van der Waals surface area contributed by atoms with Crippen molar-refractivity contribution >= 4 is 22.9 Å². The van der Waals surface area contributed by atoms with Gasteiger partial charge in [-0.05, 0) is 29.8 Å². The van der Waals surface area contributed by atoms with Crippen molar-refractivity contribution in [1.82, 2.24) is 9.97 Å². The van der Waals surface area contributed by atoms with Crippen molar-refractivity contribution < 1.29 is 9.53 Å². The Balaban J connectivity index is 1.59. The zero-order valence-corrected chi connectivity index (χ0v) is 15.1. The summed E-state index contributed by atoms with van der Waals surface area (Å²) in [6, 6.07) is 24.9. The predicted molar refractivity (Wildman–Crippen MR) is 109 cm³/mol. The van der Waals surface area contributed by atoms with Crippen molar-refractivity contribution in [2.24, 2.45) is 0 Å². The Labute approximate surface area is 163 Å². The van der Waals surface area contributed by atoms with Gasteiger partial charge < -0.3 is 4.74 Å². The second-order valence-electron chi connectivity index (χ2n) is 6.24. The van der Waals surface area contributed by atoms with E-state index in [0.29, 0.717) is 5.69 Å². The second-order valence-corrected chi connectivity index (χ2v) is 6.24. The number of ether oxygens (including phenoxy) is 1. The van der Waals surface area contributed by atoms with E-state index in [9.17, 15) is 4.79 Å². The van der Waals surface area contributed by atoms with Crippen LogP contribution in [-0.4, -0.2) is 15.9 Å². The van der Waals surface area contributed by atoms with Crippen LogP contribution in [-0.2, 0) is 9.53 Å². The molecule has 28 heavy (non-hydrogen) atoms. The summed E-state index contributed by atoms with van der Waals surface area (Å²) < 4.78 is 5.75. The van der Waals surface area contributed by atoms with E-state index in [1.165, 1.54) is 6.08 Å². The van der Waals surface area contributed by atoms with Gasteiger partial charge >= 0.3 is 5.97 Å². The van der Waals surface area contributed by atoms with Gasteiger partial charge in [0.25, 0.3) is 0 Å². The molecule has 136 valence electrons. The number of hydrogen-bond donors (Lipinski definition) is 0. The number of nitrogens with zero attached hydrogens (tertiary/aromatic N) is 2. The number of carbonyl (C=O) groups is 1. The zero-order valence-electron chi connectivity index (χ0n) is 15.1. The summed E-state index contributed by atoms with van der Waals surface area (Å²) in [5, 5.41) is 1.02. The summed E-state index contributed by atoms with van der Waals surface area (Å²) in [6.45, 7) is 0. The van der Waals surface area contributed by atoms with Crippen LogP contribution in [0.4, 0.5) is 0 Å². The average molecular weight is 366 g/mol. The number of esters is 1. The van der Waals surface area contributed by atoms with E-state index in [0.717, 1.165) is 22.0 Å². The lowest BCUT2D eigenvalue weighted by atomic mass is 10.1. The van der Waals surface area contributed by atoms with Gasteiger partial charge in [-0.2, -0.15) is 0 Å². The Morgan fingerprint density at radius 2 is 1.61 bits per heavy atom. The topological polar surface area (TPSA) is 52.1 Å². The maximum absolute atomic E-state index is 12.6. The van der Waals surface area contributed by atoms with Crippen LogP contribution in [0.25, 0.3) is 17.0 Å². The first kappa shape index (κ1) is 17.6. The quantitative estimate of drug-likeness (QED) is 0.369. The van der Waals surface area contributed by atoms with E-state index >= 15 is 0 Å². The molecule has 0 amide bonds. The Morgan fingerprint density at radius 1 is 0.821 bits per heavy atom. The van der Waals surface area contributed by atoms with Crippen molar-refractivity contribution in [2.45, 2.75) is 6.10 Å². The summed E-state index contributed by atoms with van der Waals surface area (Å²) in [5.74, 6) is -0.438. The van der Waals surface area contributed by atoms with Crippen LogP contribution in [0.15, 0.2) is 97.3 Å². The fourth-order valence-corrected chi connectivity index (χ4v) is 3.03. The molecular formula is C24H18N2O2. The number of pyridine rings is 2. The summed E-state index contributed by atoms with van der Waals surface area (Å²) in [6.07, 6.45) is 6.03. The van der Waals surface area contributed by atoms with E-state index in [4.69, 9.17) is 4.74 Å². The number of fused-ring (bicyclic) bond motifs is 1. The summed E-state index contributed by atoms with van der Waals surface area (Å²) in [5.41, 5.74) is 3.26. The minimum atomic E-state index is -0.565. The molecule has 0 N–H and O–H groups in total. The Bertz CT molecular complexity index is 1060. The first-order valence-electron chi connectivity index (χ1n) is 8.99. The first-order chi connectivity index (χ1) is 13.8. The SMILES string of the molecule is O=C(/C=C/c1cccc2cccnc12)OC(c1ccccc1)c1ccccn1. The van der Waals surface area contributed by atoms with Gasteiger partial charge in [-0.3, -0.25) is 9.97 Å². The Hall–Kier alpha value is -3.79. The van der Waals surface area contributed by atoms with Crippen LogP contribution in [0, 0.1) is 0 Å². The van der Waals surface area contributed by atoms with Gasteiger partial charge in [0.15, 0.2) is 6.10 Å². The molecule has 0 saturated carbocycles. The minimum Gasteiger partial charge on any atom is -0.448 e. The zero-order chi connectivity index (χ0) is 19.2. The molecule has 0 radical (unpaired) electrons. The summed E-state index contributed by atoms with van der Waals surface area (Å²) in [4.78, 5) is 21.3. The van der Waals surface area contributed by atoms with Crippen molar-refractivity contribution in [3.8, 4) is 0 Å². The Kier molecular flexibility index (Phi) is 5.20. The van der Waals surface area contributed by atoms with Gasteiger partial charge in [0.1, 0.15) is 0 Å². The predicted octanol–water partition coefficient (Wildman–Crippen LogP) is 4.98. The highest BCUT2D eigenvalue weighted by molar-refractivity contribution is 5.93. The Morgan fingerprint density at radius 3 is 2.43 bits per heavy atom. The van der Waals surface area contributed by atoms with E-state index in [2.05, 4.69) is 9.97 Å². The third kappa shape index (κ3) is 3.96. The largest absolute Gasteiger partial charge is 0.448 e. The van der Waals surface area contributed by atoms with E-state index in [1.807, 2.05) is 78.9 Å². The lowest BCUT2D eigenvalue weighted by Gasteiger charge is -2.17.